The van der Waals surface area contributed by atoms with Crippen LogP contribution in [-0.2, 0) is 11.0 Å². The molecule has 3 aromatic carbocycles. The summed E-state index contributed by atoms with van der Waals surface area (Å²) in [5.41, 5.74) is 3.95. The van der Waals surface area contributed by atoms with E-state index in [9.17, 15) is 5.11 Å². The van der Waals surface area contributed by atoms with E-state index in [0.717, 1.165) is 24.0 Å². The molecule has 4 rings (SSSR count). The van der Waals surface area contributed by atoms with Gasteiger partial charge >= 0.3 is 0 Å². The quantitative estimate of drug-likeness (QED) is 0.378. The van der Waals surface area contributed by atoms with E-state index in [4.69, 9.17) is 0 Å². The molecule has 180 valence electrons. The highest BCUT2D eigenvalue weighted by Gasteiger charge is 2.32. The van der Waals surface area contributed by atoms with Crippen molar-refractivity contribution >= 4 is 0 Å². The molecule has 0 amide bonds. The van der Waals surface area contributed by atoms with Crippen LogP contribution in [0.4, 0.5) is 0 Å². The summed E-state index contributed by atoms with van der Waals surface area (Å²) in [6.45, 7) is 9.18. The van der Waals surface area contributed by atoms with Crippen molar-refractivity contribution in [1.82, 2.24) is 4.90 Å². The van der Waals surface area contributed by atoms with Crippen molar-refractivity contribution in [2.24, 2.45) is 0 Å². The van der Waals surface area contributed by atoms with Crippen molar-refractivity contribution < 1.29 is 5.11 Å². The van der Waals surface area contributed by atoms with Crippen molar-refractivity contribution in [1.29, 1.82) is 0 Å². The van der Waals surface area contributed by atoms with E-state index in [1.165, 1.54) is 43.5 Å². The fraction of sp³-hybridized carbons (Fsp3) is 0.438. The van der Waals surface area contributed by atoms with Gasteiger partial charge in [0.25, 0.3) is 0 Å². The smallest absolute Gasteiger partial charge is 0.115 e. The van der Waals surface area contributed by atoms with Crippen molar-refractivity contribution in [3.63, 3.8) is 0 Å². The van der Waals surface area contributed by atoms with Gasteiger partial charge in [-0.2, -0.15) is 0 Å². The summed E-state index contributed by atoms with van der Waals surface area (Å²) in [6.07, 6.45) is 6.64. The summed E-state index contributed by atoms with van der Waals surface area (Å²) in [5, 5.41) is 12.0. The lowest BCUT2D eigenvalue weighted by atomic mass is 9.81. The van der Waals surface area contributed by atoms with Gasteiger partial charge in [-0.25, -0.2) is 0 Å². The third kappa shape index (κ3) is 5.79. The van der Waals surface area contributed by atoms with Crippen LogP contribution >= 0.6 is 0 Å². The highest BCUT2D eigenvalue weighted by Crippen LogP contribution is 2.37. The Balaban J connectivity index is 1.55. The number of aliphatic hydroxyl groups is 1. The summed E-state index contributed by atoms with van der Waals surface area (Å²) in [7, 11) is 0. The Morgan fingerprint density at radius 1 is 0.706 bits per heavy atom. The molecule has 0 saturated carbocycles. The lowest BCUT2D eigenvalue weighted by molar-refractivity contribution is 0.0630. The SMILES string of the molecule is CC(C)(C)c1ccc(C(CCCC(O)(c2ccccc2)c2ccccc2)N2CCCCC2)cc1. The Hall–Kier alpha value is -2.42. The minimum Gasteiger partial charge on any atom is -0.380 e. The normalized spacial score (nSPS) is 16.4. The molecule has 1 atom stereocenters. The van der Waals surface area contributed by atoms with E-state index in [0.29, 0.717) is 12.5 Å². The topological polar surface area (TPSA) is 23.5 Å². The summed E-state index contributed by atoms with van der Waals surface area (Å²) in [4.78, 5) is 2.68. The Kier molecular flexibility index (Phi) is 7.91. The molecular formula is C32H41NO. The third-order valence-corrected chi connectivity index (χ3v) is 7.51. The van der Waals surface area contributed by atoms with Crippen LogP contribution in [-0.4, -0.2) is 23.1 Å². The van der Waals surface area contributed by atoms with Crippen LogP contribution in [0.15, 0.2) is 84.9 Å². The van der Waals surface area contributed by atoms with Gasteiger partial charge in [-0.1, -0.05) is 112 Å². The first-order valence-corrected chi connectivity index (χ1v) is 13.1. The van der Waals surface area contributed by atoms with E-state index < -0.39 is 5.60 Å². The summed E-state index contributed by atoms with van der Waals surface area (Å²) < 4.78 is 0. The molecule has 1 fully saturated rings. The number of benzene rings is 3. The molecule has 3 aromatic rings. The van der Waals surface area contributed by atoms with Gasteiger partial charge in [0.05, 0.1) is 0 Å². The van der Waals surface area contributed by atoms with Gasteiger partial charge in [-0.3, -0.25) is 4.90 Å². The van der Waals surface area contributed by atoms with Crippen LogP contribution in [0.5, 0.6) is 0 Å². The molecule has 0 bridgehead atoms. The van der Waals surface area contributed by atoms with Gasteiger partial charge in [-0.05, 0) is 72.9 Å². The first-order chi connectivity index (χ1) is 16.4. The molecule has 1 unspecified atom stereocenters. The van der Waals surface area contributed by atoms with Crippen molar-refractivity contribution in [2.75, 3.05) is 13.1 Å². The standard InChI is InChI=1S/C32H41NO/c1-31(2,3)27-21-19-26(20-22-27)30(33-24-11-6-12-25-33)18-13-23-32(34,28-14-7-4-8-15-28)29-16-9-5-10-17-29/h4-5,7-10,14-17,19-22,30,34H,6,11-13,18,23-25H2,1-3H3. The van der Waals surface area contributed by atoms with Crippen molar-refractivity contribution in [3.8, 4) is 0 Å². The molecule has 34 heavy (non-hydrogen) atoms. The number of piperidine rings is 1. The van der Waals surface area contributed by atoms with E-state index in [1.807, 2.05) is 36.4 Å². The maximum absolute atomic E-state index is 12.0. The number of nitrogens with zero attached hydrogens (tertiary/aromatic N) is 1. The fourth-order valence-electron chi connectivity index (χ4n) is 5.43. The van der Waals surface area contributed by atoms with Crippen molar-refractivity contribution in [3.05, 3.63) is 107 Å². The molecule has 0 spiro atoms. The zero-order valence-corrected chi connectivity index (χ0v) is 21.2. The number of rotatable bonds is 8. The minimum absolute atomic E-state index is 0.168. The zero-order valence-electron chi connectivity index (χ0n) is 21.2. The molecule has 1 heterocycles. The average molecular weight is 456 g/mol. The second-order valence-electron chi connectivity index (χ2n) is 11.0. The van der Waals surface area contributed by atoms with E-state index in [2.05, 4.69) is 74.2 Å². The van der Waals surface area contributed by atoms with Gasteiger partial charge in [0.15, 0.2) is 0 Å². The van der Waals surface area contributed by atoms with E-state index in [1.54, 1.807) is 0 Å². The summed E-state index contributed by atoms with van der Waals surface area (Å²) in [6, 6.07) is 30.1. The molecule has 0 radical (unpaired) electrons. The second kappa shape index (κ2) is 10.9. The summed E-state index contributed by atoms with van der Waals surface area (Å²) in [5.74, 6) is 0. The van der Waals surface area contributed by atoms with Crippen LogP contribution in [0.25, 0.3) is 0 Å². The highest BCUT2D eigenvalue weighted by atomic mass is 16.3. The lowest BCUT2D eigenvalue weighted by Crippen LogP contribution is -2.34. The predicted octanol–water partition coefficient (Wildman–Crippen LogP) is 7.62. The maximum Gasteiger partial charge on any atom is 0.115 e. The first-order valence-electron chi connectivity index (χ1n) is 13.1. The number of hydrogen-bond acceptors (Lipinski definition) is 2. The molecule has 2 nitrogen and oxygen atoms in total. The van der Waals surface area contributed by atoms with Crippen LogP contribution in [0.2, 0.25) is 0 Å². The Morgan fingerprint density at radius 3 is 1.74 bits per heavy atom. The third-order valence-electron chi connectivity index (χ3n) is 7.51. The molecule has 1 aliphatic rings. The van der Waals surface area contributed by atoms with E-state index >= 15 is 0 Å². The Bertz CT molecular complexity index is 959. The van der Waals surface area contributed by atoms with Crippen LogP contribution in [0, 0.1) is 0 Å². The molecule has 1 aliphatic heterocycles. The lowest BCUT2D eigenvalue weighted by Gasteiger charge is -2.36. The Labute approximate surface area is 206 Å². The number of likely N-dealkylation sites (tertiary alicyclic amines) is 1. The van der Waals surface area contributed by atoms with Gasteiger partial charge in [0.1, 0.15) is 5.60 Å². The maximum atomic E-state index is 12.0. The van der Waals surface area contributed by atoms with Crippen molar-refractivity contribution in [2.45, 2.75) is 76.4 Å². The van der Waals surface area contributed by atoms with Gasteiger partial charge in [0.2, 0.25) is 0 Å². The van der Waals surface area contributed by atoms with E-state index in [-0.39, 0.29) is 5.41 Å². The Morgan fingerprint density at radius 2 is 1.24 bits per heavy atom. The van der Waals surface area contributed by atoms with Crippen LogP contribution in [0.3, 0.4) is 0 Å². The largest absolute Gasteiger partial charge is 0.380 e. The molecule has 1 N–H and O–H groups in total. The molecule has 0 aromatic heterocycles. The van der Waals surface area contributed by atoms with Crippen LogP contribution in [0.1, 0.15) is 87.6 Å². The molecular weight excluding hydrogens is 414 g/mol. The van der Waals surface area contributed by atoms with Gasteiger partial charge < -0.3 is 5.11 Å². The van der Waals surface area contributed by atoms with Crippen LogP contribution < -0.4 is 0 Å². The fourth-order valence-corrected chi connectivity index (χ4v) is 5.43. The monoisotopic (exact) mass is 455 g/mol. The molecule has 2 heteroatoms. The second-order valence-corrected chi connectivity index (χ2v) is 11.0. The molecule has 0 aliphatic carbocycles. The zero-order chi connectivity index (χ0) is 24.0. The highest BCUT2D eigenvalue weighted by molar-refractivity contribution is 5.36. The van der Waals surface area contributed by atoms with Gasteiger partial charge in [0, 0.05) is 6.04 Å². The minimum atomic E-state index is -0.967. The molecule has 1 saturated heterocycles. The number of hydrogen-bond donors (Lipinski definition) is 1. The van der Waals surface area contributed by atoms with Gasteiger partial charge in [-0.15, -0.1) is 0 Å². The average Bonchev–Trinajstić information content (AvgIpc) is 2.88. The predicted molar refractivity (Wildman–Crippen MR) is 143 cm³/mol. The first kappa shape index (κ1) is 24.7. The summed E-state index contributed by atoms with van der Waals surface area (Å²) >= 11 is 0.